The molecule has 0 spiro atoms. The van der Waals surface area contributed by atoms with Gasteiger partial charge in [0.15, 0.2) is 0 Å². The summed E-state index contributed by atoms with van der Waals surface area (Å²) in [5.74, 6) is -0.00922. The van der Waals surface area contributed by atoms with E-state index in [1.165, 1.54) is 23.6 Å². The summed E-state index contributed by atoms with van der Waals surface area (Å²) in [6.45, 7) is 1.76. The van der Waals surface area contributed by atoms with Crippen LogP contribution >= 0.6 is 11.6 Å². The highest BCUT2D eigenvalue weighted by Gasteiger charge is 2.29. The van der Waals surface area contributed by atoms with Crippen LogP contribution in [0.4, 0.5) is 0 Å². The second-order valence-electron chi connectivity index (χ2n) is 6.93. The van der Waals surface area contributed by atoms with Crippen LogP contribution in [0.1, 0.15) is 11.1 Å². The Balaban J connectivity index is 1.66. The average molecular weight is 465 g/mol. The first-order valence-corrected chi connectivity index (χ1v) is 11.7. The normalized spacial score (nSPS) is 15.2. The van der Waals surface area contributed by atoms with Crippen LogP contribution in [0.5, 0.6) is 5.75 Å². The average Bonchev–Trinajstić information content (AvgIpc) is 2.78. The lowest BCUT2D eigenvalue weighted by molar-refractivity contribution is -0.116. The van der Waals surface area contributed by atoms with Gasteiger partial charge in [0.1, 0.15) is 10.6 Å². The van der Waals surface area contributed by atoms with Crippen LogP contribution in [0.25, 0.3) is 6.08 Å². The number of nitrogens with zero attached hydrogens (tertiary/aromatic N) is 1. The zero-order valence-electron chi connectivity index (χ0n) is 17.2. The Morgan fingerprint density at radius 1 is 1.23 bits per heavy atom. The number of morpholine rings is 1. The van der Waals surface area contributed by atoms with Crippen LogP contribution < -0.4 is 10.1 Å². The van der Waals surface area contributed by atoms with Crippen LogP contribution in [-0.2, 0) is 26.0 Å². The fraction of sp³-hybridized carbons (Fsp3) is 0.318. The molecule has 1 fully saturated rings. The number of carbonyl (C=O) groups is 1. The van der Waals surface area contributed by atoms with Gasteiger partial charge in [0.25, 0.3) is 0 Å². The van der Waals surface area contributed by atoms with Gasteiger partial charge in [-0.3, -0.25) is 4.79 Å². The second-order valence-corrected chi connectivity index (χ2v) is 9.27. The second kappa shape index (κ2) is 10.8. The highest BCUT2D eigenvalue weighted by molar-refractivity contribution is 7.89. The van der Waals surface area contributed by atoms with Crippen molar-refractivity contribution in [3.63, 3.8) is 0 Å². The topological polar surface area (TPSA) is 84.9 Å². The minimum Gasteiger partial charge on any atom is -0.495 e. The van der Waals surface area contributed by atoms with Crippen molar-refractivity contribution in [3.8, 4) is 5.75 Å². The van der Waals surface area contributed by atoms with Crippen molar-refractivity contribution in [1.29, 1.82) is 0 Å². The molecule has 31 heavy (non-hydrogen) atoms. The summed E-state index contributed by atoms with van der Waals surface area (Å²) >= 11 is 5.96. The molecule has 166 valence electrons. The van der Waals surface area contributed by atoms with E-state index in [2.05, 4.69) is 5.32 Å². The number of carbonyl (C=O) groups excluding carboxylic acids is 1. The first-order chi connectivity index (χ1) is 14.9. The molecule has 1 amide bonds. The van der Waals surface area contributed by atoms with Gasteiger partial charge in [0.2, 0.25) is 15.9 Å². The van der Waals surface area contributed by atoms with Gasteiger partial charge in [-0.1, -0.05) is 29.8 Å². The third-order valence-electron chi connectivity index (χ3n) is 4.80. The van der Waals surface area contributed by atoms with Gasteiger partial charge in [0, 0.05) is 30.7 Å². The Labute approximate surface area is 187 Å². The molecule has 9 heteroatoms. The lowest BCUT2D eigenvalue weighted by atomic mass is 10.1. The number of hydrogen-bond donors (Lipinski definition) is 1. The summed E-state index contributed by atoms with van der Waals surface area (Å²) in [5, 5.41) is 3.46. The van der Waals surface area contributed by atoms with Crippen molar-refractivity contribution in [1.82, 2.24) is 9.62 Å². The molecule has 1 N–H and O–H groups in total. The fourth-order valence-electron chi connectivity index (χ4n) is 3.18. The molecule has 1 aliphatic rings. The summed E-state index contributed by atoms with van der Waals surface area (Å²) in [6, 6.07) is 12.3. The predicted octanol–water partition coefficient (Wildman–Crippen LogP) is 2.74. The van der Waals surface area contributed by atoms with E-state index in [9.17, 15) is 13.2 Å². The highest BCUT2D eigenvalue weighted by Crippen LogP contribution is 2.28. The number of amides is 1. The summed E-state index contributed by atoms with van der Waals surface area (Å²) in [4.78, 5) is 12.2. The molecule has 2 aromatic carbocycles. The van der Waals surface area contributed by atoms with Crippen molar-refractivity contribution in [2.75, 3.05) is 40.0 Å². The Bertz CT molecular complexity index is 1050. The number of halogens is 1. The Kier molecular flexibility index (Phi) is 8.09. The number of sulfonamides is 1. The van der Waals surface area contributed by atoms with Crippen LogP contribution in [0.3, 0.4) is 0 Å². The molecule has 0 radical (unpaired) electrons. The molecular formula is C22H25ClN2O5S. The van der Waals surface area contributed by atoms with E-state index < -0.39 is 10.0 Å². The quantitative estimate of drug-likeness (QED) is 0.607. The van der Waals surface area contributed by atoms with Crippen LogP contribution in [0.2, 0.25) is 5.02 Å². The van der Waals surface area contributed by atoms with Gasteiger partial charge >= 0.3 is 0 Å². The van der Waals surface area contributed by atoms with E-state index >= 15 is 0 Å². The van der Waals surface area contributed by atoms with Gasteiger partial charge in [-0.05, 0) is 47.9 Å². The minimum atomic E-state index is -3.73. The van der Waals surface area contributed by atoms with Gasteiger partial charge in [0.05, 0.1) is 20.3 Å². The summed E-state index contributed by atoms with van der Waals surface area (Å²) < 4.78 is 37.9. The molecule has 0 aromatic heterocycles. The molecule has 2 aromatic rings. The first kappa shape index (κ1) is 23.3. The predicted molar refractivity (Wildman–Crippen MR) is 120 cm³/mol. The third kappa shape index (κ3) is 6.30. The summed E-state index contributed by atoms with van der Waals surface area (Å²) in [6.07, 6.45) is 3.61. The van der Waals surface area contributed by atoms with Gasteiger partial charge in [-0.2, -0.15) is 4.31 Å². The zero-order chi connectivity index (χ0) is 22.3. The van der Waals surface area contributed by atoms with Crippen LogP contribution in [0, 0.1) is 0 Å². The Hall–Kier alpha value is -2.39. The largest absolute Gasteiger partial charge is 0.495 e. The number of ether oxygens (including phenoxy) is 2. The molecule has 0 saturated carbocycles. The van der Waals surface area contributed by atoms with Gasteiger partial charge in [-0.25, -0.2) is 8.42 Å². The molecule has 0 aliphatic carbocycles. The zero-order valence-corrected chi connectivity index (χ0v) is 18.8. The highest BCUT2D eigenvalue weighted by atomic mass is 35.5. The van der Waals surface area contributed by atoms with Crippen LogP contribution in [0.15, 0.2) is 53.4 Å². The molecule has 1 heterocycles. The smallest absolute Gasteiger partial charge is 0.246 e. The Morgan fingerprint density at radius 2 is 2.00 bits per heavy atom. The molecule has 1 aliphatic heterocycles. The van der Waals surface area contributed by atoms with Crippen LogP contribution in [-0.4, -0.2) is 58.6 Å². The van der Waals surface area contributed by atoms with E-state index in [4.69, 9.17) is 21.1 Å². The molecule has 0 bridgehead atoms. The van der Waals surface area contributed by atoms with E-state index in [0.29, 0.717) is 49.9 Å². The first-order valence-electron chi connectivity index (χ1n) is 9.86. The molecule has 0 atom stereocenters. The molecule has 3 rings (SSSR count). The monoisotopic (exact) mass is 464 g/mol. The van der Waals surface area contributed by atoms with Crippen molar-refractivity contribution in [2.24, 2.45) is 0 Å². The van der Waals surface area contributed by atoms with Crippen molar-refractivity contribution >= 4 is 33.6 Å². The number of benzene rings is 2. The lowest BCUT2D eigenvalue weighted by Crippen LogP contribution is -2.40. The maximum atomic E-state index is 13.0. The van der Waals surface area contributed by atoms with Gasteiger partial charge in [-0.15, -0.1) is 0 Å². The third-order valence-corrected chi connectivity index (χ3v) is 6.96. The van der Waals surface area contributed by atoms with Gasteiger partial charge < -0.3 is 14.8 Å². The molecule has 1 saturated heterocycles. The number of hydrogen-bond acceptors (Lipinski definition) is 5. The van der Waals surface area contributed by atoms with E-state index in [-0.39, 0.29) is 16.6 Å². The van der Waals surface area contributed by atoms with E-state index in [1.807, 2.05) is 18.2 Å². The number of methoxy groups -OCH3 is 1. The SMILES string of the molecule is COc1ccc(/C=C/C(=O)NCCc2cccc(Cl)c2)cc1S(=O)(=O)N1CCOCC1. The maximum Gasteiger partial charge on any atom is 0.246 e. The maximum absolute atomic E-state index is 13.0. The number of nitrogens with one attached hydrogen (secondary N) is 1. The van der Waals surface area contributed by atoms with E-state index in [1.54, 1.807) is 24.3 Å². The van der Waals surface area contributed by atoms with Crippen molar-refractivity contribution in [3.05, 3.63) is 64.7 Å². The number of rotatable bonds is 8. The Morgan fingerprint density at radius 3 is 2.71 bits per heavy atom. The molecular weight excluding hydrogens is 440 g/mol. The fourth-order valence-corrected chi connectivity index (χ4v) is 4.99. The standard InChI is InChI=1S/C22H25ClN2O5S/c1-29-20-7-5-18(16-21(20)31(27,28)25-11-13-30-14-12-25)6-8-22(26)24-10-9-17-3-2-4-19(23)15-17/h2-8,15-16H,9-14H2,1H3,(H,24,26)/b8-6+. The summed E-state index contributed by atoms with van der Waals surface area (Å²) in [5.41, 5.74) is 1.61. The van der Waals surface area contributed by atoms with Crippen molar-refractivity contribution in [2.45, 2.75) is 11.3 Å². The lowest BCUT2D eigenvalue weighted by Gasteiger charge is -2.26. The molecule has 0 unspecified atom stereocenters. The van der Waals surface area contributed by atoms with E-state index in [0.717, 1.165) is 5.56 Å². The molecule has 7 nitrogen and oxygen atoms in total. The minimum absolute atomic E-state index is 0.0698. The summed E-state index contributed by atoms with van der Waals surface area (Å²) in [7, 11) is -2.30. The van der Waals surface area contributed by atoms with Crippen molar-refractivity contribution < 1.29 is 22.7 Å².